The van der Waals surface area contributed by atoms with Gasteiger partial charge in [-0.25, -0.2) is 0 Å². The van der Waals surface area contributed by atoms with Gasteiger partial charge in [-0.3, -0.25) is 0 Å². The van der Waals surface area contributed by atoms with Crippen LogP contribution in [0.15, 0.2) is 141 Å². The van der Waals surface area contributed by atoms with Crippen molar-refractivity contribution in [3.05, 3.63) is 155 Å². The average molecular weight is 719 g/mol. The van der Waals surface area contributed by atoms with Crippen molar-refractivity contribution in [3.63, 3.8) is 0 Å². The Morgan fingerprint density at radius 3 is 1.38 bits per heavy atom. The highest BCUT2D eigenvalue weighted by molar-refractivity contribution is 8.76. The van der Waals surface area contributed by atoms with Crippen LogP contribution < -0.4 is 0 Å². The van der Waals surface area contributed by atoms with Crippen molar-refractivity contribution in [3.8, 4) is 12.1 Å². The highest BCUT2D eigenvalue weighted by Gasteiger charge is 2.24. The van der Waals surface area contributed by atoms with Crippen LogP contribution in [0.1, 0.15) is 33.6 Å². The minimum atomic E-state index is 0.647. The summed E-state index contributed by atoms with van der Waals surface area (Å²) in [5, 5.41) is 25.9. The van der Waals surface area contributed by atoms with Crippen molar-refractivity contribution in [2.24, 2.45) is 0 Å². The summed E-state index contributed by atoms with van der Waals surface area (Å²) in [5.74, 6) is 1.48. The highest BCUT2D eigenvalue weighted by Crippen LogP contribution is 2.52. The van der Waals surface area contributed by atoms with Crippen molar-refractivity contribution < 1.29 is 0 Å². The molecule has 4 heterocycles. The number of hydrogen-bond acceptors (Lipinski definition) is 6. The van der Waals surface area contributed by atoms with Crippen LogP contribution in [0.2, 0.25) is 0 Å². The van der Waals surface area contributed by atoms with Crippen molar-refractivity contribution >= 4 is 77.7 Å². The van der Waals surface area contributed by atoms with E-state index in [1.54, 1.807) is 45.1 Å². The molecule has 0 bridgehead atoms. The largest absolute Gasteiger partial charge is 0.306 e. The van der Waals surface area contributed by atoms with E-state index in [1.165, 1.54) is 32.7 Å². The lowest BCUT2D eigenvalue weighted by molar-refractivity contribution is 1.12. The van der Waals surface area contributed by atoms with Crippen molar-refractivity contribution in [2.75, 3.05) is 0 Å². The zero-order chi connectivity index (χ0) is 34.2. The minimum absolute atomic E-state index is 0.647. The van der Waals surface area contributed by atoms with Crippen LogP contribution in [-0.2, 0) is 11.5 Å². The molecule has 0 N–H and O–H groups in total. The van der Waals surface area contributed by atoms with Gasteiger partial charge in [-0.1, -0.05) is 84.9 Å². The highest BCUT2D eigenvalue weighted by atomic mass is 33.1. The quantitative estimate of drug-likeness (QED) is 0.109. The summed E-state index contributed by atoms with van der Waals surface area (Å²) in [6.07, 6.45) is 4.02. The number of nitrogens with zero attached hydrogens (tertiary/aromatic N) is 4. The van der Waals surface area contributed by atoms with E-state index in [2.05, 4.69) is 135 Å². The van der Waals surface area contributed by atoms with Gasteiger partial charge < -0.3 is 8.80 Å². The molecule has 0 radical (unpaired) electrons. The normalized spacial score (nSPS) is 11.4. The molecule has 50 heavy (non-hydrogen) atoms. The zero-order valence-electron chi connectivity index (χ0n) is 27.4. The topological polar surface area (TPSA) is 56.4 Å². The summed E-state index contributed by atoms with van der Waals surface area (Å²) in [5.41, 5.74) is 8.09. The second-order valence-corrected chi connectivity index (χ2v) is 16.3. The molecule has 0 aliphatic heterocycles. The van der Waals surface area contributed by atoms with Crippen LogP contribution in [0.25, 0.3) is 32.6 Å². The van der Waals surface area contributed by atoms with E-state index in [-0.39, 0.29) is 0 Å². The first-order valence-corrected chi connectivity index (χ1v) is 20.3. The molecule has 4 aromatic carbocycles. The molecule has 242 valence electrons. The fraction of sp³-hybridized carbons (Fsp3) is 0.0952. The molecule has 0 saturated carbocycles. The molecule has 0 atom stereocenters. The lowest BCUT2D eigenvalue weighted by Crippen LogP contribution is -1.89. The van der Waals surface area contributed by atoms with Crippen LogP contribution in [-0.4, -0.2) is 8.80 Å². The fourth-order valence-electron chi connectivity index (χ4n) is 6.48. The van der Waals surface area contributed by atoms with Gasteiger partial charge in [0.1, 0.15) is 23.5 Å². The maximum atomic E-state index is 10.5. The minimum Gasteiger partial charge on any atom is -0.306 e. The Balaban J connectivity index is 1.20. The van der Waals surface area contributed by atoms with Gasteiger partial charge in [0.15, 0.2) is 0 Å². The lowest BCUT2D eigenvalue weighted by atomic mass is 10.1. The summed E-state index contributed by atoms with van der Waals surface area (Å²) in [7, 11) is 3.37. The number of nitriles is 2. The van der Waals surface area contributed by atoms with Crippen molar-refractivity contribution in [2.45, 2.75) is 44.9 Å². The number of fused-ring (bicyclic) bond motifs is 4. The number of aromatic nitrogens is 2. The van der Waals surface area contributed by atoms with Crippen LogP contribution in [0.3, 0.4) is 0 Å². The molecular weight excluding hydrogens is 689 g/mol. The summed E-state index contributed by atoms with van der Waals surface area (Å²) >= 11 is 3.44. The standard InChI is InChI=1S/C42H30N4S4/c1-27-17-19-45-35(21-27)41(39(37(45)23-43)47-25-31-13-7-11-29-9-3-5-15-33(29)31)49-50-42-36-22-28(2)18-20-46(36)38(24-44)40(42)48-26-32-14-8-12-30-10-4-6-16-34(30)32/h3-22H,25-26H2,1-2H3. The summed E-state index contributed by atoms with van der Waals surface area (Å²) in [6.45, 7) is 4.18. The van der Waals surface area contributed by atoms with Gasteiger partial charge in [-0.05, 0) is 103 Å². The summed E-state index contributed by atoms with van der Waals surface area (Å²) < 4.78 is 4.06. The molecule has 8 aromatic rings. The van der Waals surface area contributed by atoms with Gasteiger partial charge >= 0.3 is 0 Å². The van der Waals surface area contributed by atoms with Gasteiger partial charge in [0, 0.05) is 23.9 Å². The third-order valence-corrected chi connectivity index (χ3v) is 14.0. The first kappa shape index (κ1) is 32.5. The molecule has 0 unspecified atom stereocenters. The molecule has 4 aromatic heterocycles. The zero-order valence-corrected chi connectivity index (χ0v) is 30.6. The molecule has 0 aliphatic rings. The van der Waals surface area contributed by atoms with E-state index >= 15 is 0 Å². The van der Waals surface area contributed by atoms with Crippen molar-refractivity contribution in [1.29, 1.82) is 10.5 Å². The Morgan fingerprint density at radius 1 is 0.520 bits per heavy atom. The van der Waals surface area contributed by atoms with Gasteiger partial charge in [-0.2, -0.15) is 10.5 Å². The fourth-order valence-corrected chi connectivity index (χ4v) is 12.0. The molecule has 0 amide bonds. The van der Waals surface area contributed by atoms with E-state index in [0.29, 0.717) is 11.4 Å². The van der Waals surface area contributed by atoms with E-state index in [4.69, 9.17) is 0 Å². The predicted octanol–water partition coefficient (Wildman–Crippen LogP) is 12.2. The third kappa shape index (κ3) is 5.93. The number of rotatable bonds is 9. The third-order valence-electron chi connectivity index (χ3n) is 8.93. The SMILES string of the molecule is Cc1ccn2c(C#N)c(SCc3cccc4ccccc34)c(SSc3c(SCc4cccc5ccccc45)c(C#N)n4ccc(C)cc34)c2c1. The number of thioether (sulfide) groups is 2. The number of pyridine rings is 2. The molecule has 4 nitrogen and oxygen atoms in total. The average Bonchev–Trinajstić information content (AvgIpc) is 3.61. The van der Waals surface area contributed by atoms with Crippen LogP contribution in [0.5, 0.6) is 0 Å². The van der Waals surface area contributed by atoms with E-state index in [0.717, 1.165) is 53.2 Å². The maximum Gasteiger partial charge on any atom is 0.139 e. The summed E-state index contributed by atoms with van der Waals surface area (Å²) in [4.78, 5) is 4.09. The van der Waals surface area contributed by atoms with Gasteiger partial charge in [0.2, 0.25) is 0 Å². The van der Waals surface area contributed by atoms with Crippen LogP contribution in [0, 0.1) is 36.5 Å². The van der Waals surface area contributed by atoms with Gasteiger partial charge in [0.25, 0.3) is 0 Å². The Bertz CT molecular complexity index is 2480. The lowest BCUT2D eigenvalue weighted by Gasteiger charge is -2.09. The van der Waals surface area contributed by atoms with Crippen molar-refractivity contribution in [1.82, 2.24) is 8.80 Å². The van der Waals surface area contributed by atoms with Gasteiger partial charge in [0.05, 0.1) is 30.6 Å². The second-order valence-electron chi connectivity index (χ2n) is 12.2. The van der Waals surface area contributed by atoms with E-state index in [9.17, 15) is 10.5 Å². The summed E-state index contributed by atoms with van der Waals surface area (Å²) in [6, 6.07) is 43.3. The first-order chi connectivity index (χ1) is 24.5. The molecular formula is C42H30N4S4. The monoisotopic (exact) mass is 718 g/mol. The molecule has 0 saturated heterocycles. The predicted molar refractivity (Wildman–Crippen MR) is 212 cm³/mol. The Morgan fingerprint density at radius 2 is 0.940 bits per heavy atom. The number of benzene rings is 4. The molecule has 0 aliphatic carbocycles. The Labute approximate surface area is 307 Å². The Kier molecular flexibility index (Phi) is 9.04. The smallest absolute Gasteiger partial charge is 0.139 e. The molecule has 0 fully saturated rings. The Hall–Kier alpha value is -4.70. The number of aryl methyl sites for hydroxylation is 2. The molecule has 0 spiro atoms. The van der Waals surface area contributed by atoms with E-state index in [1.807, 2.05) is 21.2 Å². The van der Waals surface area contributed by atoms with Gasteiger partial charge in [-0.15, -0.1) is 23.5 Å². The molecule has 8 heteroatoms. The van der Waals surface area contributed by atoms with E-state index < -0.39 is 0 Å². The van der Waals surface area contributed by atoms with Crippen LogP contribution >= 0.6 is 45.1 Å². The van der Waals surface area contributed by atoms with Crippen LogP contribution in [0.4, 0.5) is 0 Å². The first-order valence-electron chi connectivity index (χ1n) is 16.2. The maximum absolute atomic E-state index is 10.5. The number of hydrogen-bond donors (Lipinski definition) is 0. The molecule has 8 rings (SSSR count). The second kappa shape index (κ2) is 13.9.